The summed E-state index contributed by atoms with van der Waals surface area (Å²) in [5.41, 5.74) is 3.35. The molecule has 210 valence electrons. The van der Waals surface area contributed by atoms with Crippen LogP contribution in [0.5, 0.6) is 5.75 Å². The van der Waals surface area contributed by atoms with E-state index in [0.29, 0.717) is 11.2 Å². The minimum Gasteiger partial charge on any atom is -0.430 e. The average Bonchev–Trinajstić information content (AvgIpc) is 3.24. The van der Waals surface area contributed by atoms with E-state index in [-0.39, 0.29) is 11.5 Å². The summed E-state index contributed by atoms with van der Waals surface area (Å²) in [6, 6.07) is 7.62. The van der Waals surface area contributed by atoms with Crippen molar-refractivity contribution in [2.75, 3.05) is 0 Å². The van der Waals surface area contributed by atoms with Crippen molar-refractivity contribution in [3.05, 3.63) is 41.5 Å². The van der Waals surface area contributed by atoms with E-state index >= 15 is 0 Å². The van der Waals surface area contributed by atoms with Crippen molar-refractivity contribution in [3.63, 3.8) is 0 Å². The number of allylic oxidation sites excluding steroid dienone is 1. The lowest BCUT2D eigenvalue weighted by Crippen LogP contribution is -2.50. The molecule has 0 amide bonds. The Morgan fingerprint density at radius 2 is 1.74 bits per heavy atom. The van der Waals surface area contributed by atoms with Crippen LogP contribution in [0.2, 0.25) is 0 Å². The summed E-state index contributed by atoms with van der Waals surface area (Å²) in [6.45, 7) is 9.48. The minimum atomic E-state index is -0.557. The van der Waals surface area contributed by atoms with Gasteiger partial charge in [-0.05, 0) is 104 Å². The van der Waals surface area contributed by atoms with Gasteiger partial charge in [0.15, 0.2) is 0 Å². The van der Waals surface area contributed by atoms with Gasteiger partial charge in [-0.3, -0.25) is 0 Å². The highest BCUT2D eigenvalue weighted by Gasteiger charge is 2.58. The SMILES string of the molecule is CCCCCCCC[C@@H]1CC[C@@H]2[C@H]3CC=C4C[C@H](OC(=O)Oc5ccccc5C)CC[C@]4(C)[C@@H]3CC[C@@]12C. The second kappa shape index (κ2) is 11.8. The first-order valence-corrected chi connectivity index (χ1v) is 16.0. The molecule has 0 aliphatic heterocycles. The van der Waals surface area contributed by atoms with E-state index in [2.05, 4.69) is 26.8 Å². The Labute approximate surface area is 232 Å². The number of carbonyl (C=O) groups excluding carboxylic acids is 1. The van der Waals surface area contributed by atoms with E-state index in [1.807, 2.05) is 31.2 Å². The second-order valence-corrected chi connectivity index (χ2v) is 13.7. The van der Waals surface area contributed by atoms with Gasteiger partial charge in [-0.2, -0.15) is 0 Å². The van der Waals surface area contributed by atoms with E-state index in [0.717, 1.165) is 48.5 Å². The molecule has 3 fully saturated rings. The van der Waals surface area contributed by atoms with Crippen molar-refractivity contribution in [1.82, 2.24) is 0 Å². The van der Waals surface area contributed by atoms with Crippen LogP contribution in [-0.4, -0.2) is 12.3 Å². The normalized spacial score (nSPS) is 36.0. The van der Waals surface area contributed by atoms with Crippen LogP contribution in [0.25, 0.3) is 0 Å². The van der Waals surface area contributed by atoms with Gasteiger partial charge < -0.3 is 9.47 Å². The number of fused-ring (bicyclic) bond motifs is 5. The number of para-hydroxylation sites is 1. The maximum Gasteiger partial charge on any atom is 0.514 e. The summed E-state index contributed by atoms with van der Waals surface area (Å²) in [5.74, 6) is 4.09. The van der Waals surface area contributed by atoms with Crippen LogP contribution in [0.1, 0.15) is 123 Å². The highest BCUT2D eigenvalue weighted by atomic mass is 16.7. The Morgan fingerprint density at radius 3 is 2.55 bits per heavy atom. The third-order valence-electron chi connectivity index (χ3n) is 11.7. The van der Waals surface area contributed by atoms with Gasteiger partial charge in [0.25, 0.3) is 0 Å². The molecule has 3 saturated carbocycles. The van der Waals surface area contributed by atoms with Crippen LogP contribution < -0.4 is 4.74 Å². The van der Waals surface area contributed by atoms with Crippen molar-refractivity contribution in [2.45, 2.75) is 130 Å². The average molecular weight is 521 g/mol. The third kappa shape index (κ3) is 5.46. The zero-order valence-electron chi connectivity index (χ0n) is 24.6. The van der Waals surface area contributed by atoms with Crippen molar-refractivity contribution < 1.29 is 14.3 Å². The number of unbranched alkanes of at least 4 members (excludes halogenated alkanes) is 5. The first-order valence-electron chi connectivity index (χ1n) is 16.0. The Hall–Kier alpha value is -1.77. The highest BCUT2D eigenvalue weighted by Crippen LogP contribution is 2.66. The maximum atomic E-state index is 12.6. The fourth-order valence-electron chi connectivity index (χ4n) is 9.40. The fourth-order valence-corrected chi connectivity index (χ4v) is 9.40. The molecule has 38 heavy (non-hydrogen) atoms. The van der Waals surface area contributed by atoms with Crippen LogP contribution in [0.4, 0.5) is 4.79 Å². The molecular formula is C35H52O3. The maximum absolute atomic E-state index is 12.6. The van der Waals surface area contributed by atoms with Crippen LogP contribution in [-0.2, 0) is 4.74 Å². The summed E-state index contributed by atoms with van der Waals surface area (Å²) in [5, 5.41) is 0. The van der Waals surface area contributed by atoms with Gasteiger partial charge in [0.1, 0.15) is 11.9 Å². The lowest BCUT2D eigenvalue weighted by atomic mass is 9.47. The molecular weight excluding hydrogens is 468 g/mol. The molecule has 5 rings (SSSR count). The van der Waals surface area contributed by atoms with E-state index in [1.165, 1.54) is 77.0 Å². The molecule has 3 heteroatoms. The molecule has 0 bridgehead atoms. The number of aryl methyl sites for hydroxylation is 1. The molecule has 0 heterocycles. The Kier molecular flexibility index (Phi) is 8.60. The van der Waals surface area contributed by atoms with Gasteiger partial charge in [-0.1, -0.05) is 89.1 Å². The zero-order valence-corrected chi connectivity index (χ0v) is 24.6. The van der Waals surface area contributed by atoms with Crippen molar-refractivity contribution >= 4 is 6.16 Å². The number of hydrogen-bond acceptors (Lipinski definition) is 3. The van der Waals surface area contributed by atoms with E-state index in [9.17, 15) is 4.79 Å². The molecule has 7 atom stereocenters. The van der Waals surface area contributed by atoms with Gasteiger partial charge in [-0.15, -0.1) is 0 Å². The predicted molar refractivity (Wildman–Crippen MR) is 155 cm³/mol. The van der Waals surface area contributed by atoms with Gasteiger partial charge in [0, 0.05) is 6.42 Å². The largest absolute Gasteiger partial charge is 0.514 e. The van der Waals surface area contributed by atoms with Gasteiger partial charge in [-0.25, -0.2) is 4.79 Å². The molecule has 0 aromatic heterocycles. The molecule has 0 spiro atoms. The van der Waals surface area contributed by atoms with Crippen LogP contribution >= 0.6 is 0 Å². The summed E-state index contributed by atoms with van der Waals surface area (Å²) in [4.78, 5) is 12.6. The summed E-state index contributed by atoms with van der Waals surface area (Å²) < 4.78 is 11.4. The second-order valence-electron chi connectivity index (χ2n) is 13.7. The minimum absolute atomic E-state index is 0.0653. The van der Waals surface area contributed by atoms with E-state index in [1.54, 1.807) is 5.57 Å². The number of hydrogen-bond donors (Lipinski definition) is 0. The van der Waals surface area contributed by atoms with Crippen LogP contribution in [0, 0.1) is 41.4 Å². The van der Waals surface area contributed by atoms with Crippen LogP contribution in [0.3, 0.4) is 0 Å². The summed E-state index contributed by atoms with van der Waals surface area (Å²) in [6.07, 6.45) is 21.8. The lowest BCUT2D eigenvalue weighted by Gasteiger charge is -2.58. The van der Waals surface area contributed by atoms with Crippen LogP contribution in [0.15, 0.2) is 35.9 Å². The highest BCUT2D eigenvalue weighted by molar-refractivity contribution is 5.64. The Balaban J connectivity index is 1.18. The molecule has 4 aliphatic rings. The summed E-state index contributed by atoms with van der Waals surface area (Å²) >= 11 is 0. The molecule has 0 saturated heterocycles. The standard InChI is InChI=1S/C35H52O3/c1-5-6-7-8-9-10-14-26-17-19-30-29-18-16-27-24-28(37-33(36)38-32-15-12-11-13-25(32)2)20-22-35(27,4)31(29)21-23-34(26,30)3/h11-13,15-16,26,28-31H,5-10,14,17-24H2,1-4H3/t26-,28-,29-,30-,31-,34+,35+/m1/s1. The van der Waals surface area contributed by atoms with E-state index < -0.39 is 6.16 Å². The molecule has 1 aromatic rings. The topological polar surface area (TPSA) is 35.5 Å². The molecule has 0 radical (unpaired) electrons. The Bertz CT molecular complexity index is 997. The summed E-state index contributed by atoms with van der Waals surface area (Å²) in [7, 11) is 0. The third-order valence-corrected chi connectivity index (χ3v) is 11.7. The quantitative estimate of drug-likeness (QED) is 0.141. The smallest absolute Gasteiger partial charge is 0.430 e. The van der Waals surface area contributed by atoms with Crippen molar-refractivity contribution in [3.8, 4) is 5.75 Å². The van der Waals surface area contributed by atoms with Crippen molar-refractivity contribution in [1.29, 1.82) is 0 Å². The number of benzene rings is 1. The van der Waals surface area contributed by atoms with Gasteiger partial charge >= 0.3 is 6.16 Å². The lowest BCUT2D eigenvalue weighted by molar-refractivity contribution is -0.0538. The number of rotatable bonds is 9. The molecule has 3 nitrogen and oxygen atoms in total. The number of carbonyl (C=O) groups is 1. The van der Waals surface area contributed by atoms with Gasteiger partial charge in [0.2, 0.25) is 0 Å². The molecule has 4 aliphatic carbocycles. The molecule has 0 unspecified atom stereocenters. The fraction of sp³-hybridized carbons (Fsp3) is 0.743. The van der Waals surface area contributed by atoms with Crippen molar-refractivity contribution in [2.24, 2.45) is 34.5 Å². The first-order chi connectivity index (χ1) is 18.3. The zero-order chi connectivity index (χ0) is 26.8. The van der Waals surface area contributed by atoms with E-state index in [4.69, 9.17) is 9.47 Å². The molecule has 0 N–H and O–H groups in total. The number of ether oxygens (including phenoxy) is 2. The van der Waals surface area contributed by atoms with Gasteiger partial charge in [0.05, 0.1) is 0 Å². The monoisotopic (exact) mass is 520 g/mol. The molecule has 1 aromatic carbocycles. The predicted octanol–water partition coefficient (Wildman–Crippen LogP) is 10.2. The first kappa shape index (κ1) is 27.8. The Morgan fingerprint density at radius 1 is 0.947 bits per heavy atom.